The summed E-state index contributed by atoms with van der Waals surface area (Å²) in [6, 6.07) is 8.20. The minimum absolute atomic E-state index is 0.0709. The summed E-state index contributed by atoms with van der Waals surface area (Å²) in [4.78, 5) is 8.47. The highest BCUT2D eigenvalue weighted by atomic mass is 35.5. The smallest absolute Gasteiger partial charge is 0.373 e. The maximum Gasteiger partial charge on any atom is 0.389 e. The monoisotopic (exact) mass is 382 g/mol. The van der Waals surface area contributed by atoms with Crippen LogP contribution in [-0.4, -0.2) is 28.3 Å². The van der Waals surface area contributed by atoms with E-state index in [2.05, 4.69) is 20.4 Å². The Morgan fingerprint density at radius 1 is 1.19 bits per heavy atom. The van der Waals surface area contributed by atoms with Crippen LogP contribution in [0.2, 0.25) is 5.02 Å². The third-order valence-electron chi connectivity index (χ3n) is 3.66. The number of aryl methyl sites for hydroxylation is 1. The minimum atomic E-state index is -4.17. The number of nitrogens with one attached hydrogen (secondary N) is 1. The molecule has 2 heterocycles. The normalized spacial score (nSPS) is 11.6. The second-order valence-electron chi connectivity index (χ2n) is 5.53. The fourth-order valence-electron chi connectivity index (χ4n) is 2.36. The Kier molecular flexibility index (Phi) is 5.13. The zero-order chi connectivity index (χ0) is 18.7. The molecule has 0 saturated carbocycles. The first-order valence-corrected chi connectivity index (χ1v) is 8.07. The van der Waals surface area contributed by atoms with E-state index in [9.17, 15) is 13.2 Å². The second kappa shape index (κ2) is 7.33. The van der Waals surface area contributed by atoms with Crippen LogP contribution in [-0.2, 0) is 6.42 Å². The summed E-state index contributed by atoms with van der Waals surface area (Å²) in [5.74, 6) is 1.11. The summed E-state index contributed by atoms with van der Waals surface area (Å²) in [7, 11) is 1.71. The van der Waals surface area contributed by atoms with Gasteiger partial charge >= 0.3 is 6.18 Å². The van der Waals surface area contributed by atoms with E-state index < -0.39 is 12.6 Å². The van der Waals surface area contributed by atoms with E-state index in [0.717, 1.165) is 0 Å². The molecule has 0 aliphatic carbocycles. The molecule has 1 aromatic carbocycles. The van der Waals surface area contributed by atoms with Crippen LogP contribution in [0.4, 0.5) is 19.0 Å². The van der Waals surface area contributed by atoms with Gasteiger partial charge in [0.25, 0.3) is 5.89 Å². The van der Waals surface area contributed by atoms with E-state index in [0.29, 0.717) is 33.4 Å². The van der Waals surface area contributed by atoms with Gasteiger partial charge in [-0.2, -0.15) is 18.2 Å². The second-order valence-corrected chi connectivity index (χ2v) is 5.97. The highest BCUT2D eigenvalue weighted by Gasteiger charge is 2.26. The Morgan fingerprint density at radius 3 is 2.58 bits per heavy atom. The van der Waals surface area contributed by atoms with Crippen molar-refractivity contribution in [2.75, 3.05) is 12.4 Å². The molecule has 1 N–H and O–H groups in total. The van der Waals surface area contributed by atoms with Crippen LogP contribution in [0.5, 0.6) is 0 Å². The van der Waals surface area contributed by atoms with Gasteiger partial charge in [0.2, 0.25) is 5.82 Å². The number of hydrogen-bond donors (Lipinski definition) is 1. The number of rotatable bonds is 5. The molecule has 136 valence electrons. The van der Waals surface area contributed by atoms with E-state index in [1.165, 1.54) is 6.20 Å². The van der Waals surface area contributed by atoms with Crippen LogP contribution >= 0.6 is 11.6 Å². The highest BCUT2D eigenvalue weighted by molar-refractivity contribution is 6.30. The molecular formula is C17H14ClF3N4O. The van der Waals surface area contributed by atoms with Crippen LogP contribution < -0.4 is 5.32 Å². The van der Waals surface area contributed by atoms with E-state index in [-0.39, 0.29) is 12.3 Å². The van der Waals surface area contributed by atoms with Crippen LogP contribution in [0, 0.1) is 0 Å². The molecule has 2 aromatic heterocycles. The first kappa shape index (κ1) is 18.2. The van der Waals surface area contributed by atoms with Gasteiger partial charge in [-0.15, -0.1) is 0 Å². The number of aromatic nitrogens is 3. The van der Waals surface area contributed by atoms with Gasteiger partial charge in [-0.3, -0.25) is 0 Å². The van der Waals surface area contributed by atoms with Gasteiger partial charge in [-0.25, -0.2) is 4.98 Å². The average Bonchev–Trinajstić information content (AvgIpc) is 3.10. The summed E-state index contributed by atoms with van der Waals surface area (Å²) >= 11 is 5.97. The summed E-state index contributed by atoms with van der Waals surface area (Å²) in [5, 5.41) is 7.28. The number of benzene rings is 1. The first-order chi connectivity index (χ1) is 12.4. The summed E-state index contributed by atoms with van der Waals surface area (Å²) in [6.07, 6.45) is -3.60. The number of pyridine rings is 1. The lowest BCUT2D eigenvalue weighted by atomic mass is 10.1. The standard InChI is InChI=1S/C17H14ClF3N4O/c1-22-14-13(8-12(18)9-23-14)15-24-16(26-25-15)11-4-2-10(3-5-11)6-7-17(19,20)21/h2-5,8-9H,6-7H2,1H3,(H,22,23). The van der Waals surface area contributed by atoms with Crippen molar-refractivity contribution in [2.24, 2.45) is 0 Å². The third kappa shape index (κ3) is 4.32. The van der Waals surface area contributed by atoms with Gasteiger partial charge in [0.1, 0.15) is 5.82 Å². The predicted molar refractivity (Wildman–Crippen MR) is 91.9 cm³/mol. The van der Waals surface area contributed by atoms with E-state index in [4.69, 9.17) is 16.1 Å². The fraction of sp³-hybridized carbons (Fsp3) is 0.235. The molecule has 0 atom stereocenters. The number of hydrogen-bond acceptors (Lipinski definition) is 5. The number of anilines is 1. The van der Waals surface area contributed by atoms with Crippen molar-refractivity contribution in [1.82, 2.24) is 15.1 Å². The van der Waals surface area contributed by atoms with Crippen LogP contribution in [0.1, 0.15) is 12.0 Å². The van der Waals surface area contributed by atoms with Crippen LogP contribution in [0.25, 0.3) is 22.8 Å². The molecule has 5 nitrogen and oxygen atoms in total. The summed E-state index contributed by atoms with van der Waals surface area (Å²) in [6.45, 7) is 0. The Labute approximate surface area is 152 Å². The number of alkyl halides is 3. The Balaban J connectivity index is 1.81. The van der Waals surface area contributed by atoms with Crippen LogP contribution in [0.3, 0.4) is 0 Å². The lowest BCUT2D eigenvalue weighted by molar-refractivity contribution is -0.133. The fourth-order valence-corrected chi connectivity index (χ4v) is 2.52. The molecule has 0 unspecified atom stereocenters. The minimum Gasteiger partial charge on any atom is -0.373 e. The quantitative estimate of drug-likeness (QED) is 0.673. The lowest BCUT2D eigenvalue weighted by Gasteiger charge is -2.06. The van der Waals surface area contributed by atoms with E-state index in [1.54, 1.807) is 37.4 Å². The SMILES string of the molecule is CNc1ncc(Cl)cc1-c1noc(-c2ccc(CCC(F)(F)F)cc2)n1. The molecule has 0 bridgehead atoms. The molecule has 0 fully saturated rings. The average molecular weight is 383 g/mol. The lowest BCUT2D eigenvalue weighted by Crippen LogP contribution is -2.08. The maximum absolute atomic E-state index is 12.3. The molecule has 0 aliphatic heterocycles. The molecule has 0 aliphatic rings. The van der Waals surface area contributed by atoms with Crippen LogP contribution in [0.15, 0.2) is 41.1 Å². The zero-order valence-electron chi connectivity index (χ0n) is 13.6. The van der Waals surface area contributed by atoms with Crippen molar-refractivity contribution in [3.8, 4) is 22.8 Å². The zero-order valence-corrected chi connectivity index (χ0v) is 14.4. The summed E-state index contributed by atoms with van der Waals surface area (Å²) in [5.41, 5.74) is 1.78. The van der Waals surface area contributed by atoms with Gasteiger partial charge in [-0.05, 0) is 30.2 Å². The Hall–Kier alpha value is -2.61. The molecule has 9 heteroatoms. The molecule has 0 spiro atoms. The predicted octanol–water partition coefficient (Wildman–Crippen LogP) is 4.99. The third-order valence-corrected chi connectivity index (χ3v) is 3.86. The Morgan fingerprint density at radius 2 is 1.92 bits per heavy atom. The molecular weight excluding hydrogens is 369 g/mol. The number of halogens is 4. The van der Waals surface area contributed by atoms with Crippen molar-refractivity contribution < 1.29 is 17.7 Å². The van der Waals surface area contributed by atoms with E-state index >= 15 is 0 Å². The van der Waals surface area contributed by atoms with Crippen molar-refractivity contribution >= 4 is 17.4 Å². The topological polar surface area (TPSA) is 63.8 Å². The molecule has 0 radical (unpaired) electrons. The van der Waals surface area contributed by atoms with Gasteiger partial charge in [-0.1, -0.05) is 28.9 Å². The molecule has 0 amide bonds. The number of nitrogens with zero attached hydrogens (tertiary/aromatic N) is 3. The van der Waals surface area contributed by atoms with Gasteiger partial charge in [0.15, 0.2) is 0 Å². The van der Waals surface area contributed by atoms with Gasteiger partial charge in [0, 0.05) is 25.2 Å². The van der Waals surface area contributed by atoms with Crippen molar-refractivity contribution in [2.45, 2.75) is 19.0 Å². The highest BCUT2D eigenvalue weighted by Crippen LogP contribution is 2.29. The van der Waals surface area contributed by atoms with Crippen molar-refractivity contribution in [3.63, 3.8) is 0 Å². The van der Waals surface area contributed by atoms with Crippen molar-refractivity contribution in [3.05, 3.63) is 47.1 Å². The van der Waals surface area contributed by atoms with Gasteiger partial charge < -0.3 is 9.84 Å². The van der Waals surface area contributed by atoms with Crippen molar-refractivity contribution in [1.29, 1.82) is 0 Å². The molecule has 26 heavy (non-hydrogen) atoms. The summed E-state index contributed by atoms with van der Waals surface area (Å²) < 4.78 is 42.1. The Bertz CT molecular complexity index is 894. The van der Waals surface area contributed by atoms with E-state index in [1.807, 2.05) is 0 Å². The first-order valence-electron chi connectivity index (χ1n) is 7.69. The van der Waals surface area contributed by atoms with Gasteiger partial charge in [0.05, 0.1) is 10.6 Å². The molecule has 3 aromatic rings. The maximum atomic E-state index is 12.3. The molecule has 3 rings (SSSR count). The largest absolute Gasteiger partial charge is 0.389 e. The molecule has 0 saturated heterocycles.